The van der Waals surface area contributed by atoms with Crippen LogP contribution in [0.4, 0.5) is 0 Å². The van der Waals surface area contributed by atoms with Crippen LogP contribution in [0.25, 0.3) is 0 Å². The first kappa shape index (κ1) is 14.5. The molecule has 0 bridgehead atoms. The standard InChI is InChI=1S/C17H28N2/c1-4-18-11-17-6-5-9-19(13-17)12-16-8-7-14(2)15(3)10-16/h7-8,10,17-18H,4-6,9,11-13H2,1-3H3. The maximum Gasteiger partial charge on any atom is 0.0233 e. The van der Waals surface area contributed by atoms with Crippen molar-refractivity contribution in [1.29, 1.82) is 0 Å². The van der Waals surface area contributed by atoms with E-state index in [9.17, 15) is 0 Å². The lowest BCUT2D eigenvalue weighted by atomic mass is 9.97. The Morgan fingerprint density at radius 3 is 2.84 bits per heavy atom. The Morgan fingerprint density at radius 1 is 1.26 bits per heavy atom. The minimum Gasteiger partial charge on any atom is -0.317 e. The zero-order valence-electron chi connectivity index (χ0n) is 12.7. The Kier molecular flexibility index (Phi) is 5.41. The number of aryl methyl sites for hydroxylation is 2. The second kappa shape index (κ2) is 7.06. The molecule has 106 valence electrons. The summed E-state index contributed by atoms with van der Waals surface area (Å²) in [6.07, 6.45) is 2.73. The van der Waals surface area contributed by atoms with Gasteiger partial charge in [-0.2, -0.15) is 0 Å². The number of rotatable bonds is 5. The maximum absolute atomic E-state index is 3.49. The number of nitrogens with one attached hydrogen (secondary N) is 1. The first-order chi connectivity index (χ1) is 9.19. The molecule has 1 aliphatic rings. The molecular formula is C17H28N2. The Labute approximate surface area is 118 Å². The molecule has 2 rings (SSSR count). The smallest absolute Gasteiger partial charge is 0.0233 e. The van der Waals surface area contributed by atoms with E-state index in [0.717, 1.165) is 19.0 Å². The van der Waals surface area contributed by atoms with Gasteiger partial charge in [-0.1, -0.05) is 25.1 Å². The zero-order valence-corrected chi connectivity index (χ0v) is 12.7. The van der Waals surface area contributed by atoms with E-state index in [0.29, 0.717) is 0 Å². The molecule has 0 spiro atoms. The largest absolute Gasteiger partial charge is 0.317 e. The van der Waals surface area contributed by atoms with Crippen molar-refractivity contribution in [3.8, 4) is 0 Å². The van der Waals surface area contributed by atoms with Gasteiger partial charge < -0.3 is 5.32 Å². The molecule has 1 unspecified atom stereocenters. The van der Waals surface area contributed by atoms with Crippen LogP contribution in [0.1, 0.15) is 36.5 Å². The Hall–Kier alpha value is -0.860. The number of likely N-dealkylation sites (tertiary alicyclic amines) is 1. The third-order valence-electron chi connectivity index (χ3n) is 4.26. The van der Waals surface area contributed by atoms with Crippen molar-refractivity contribution in [2.24, 2.45) is 5.92 Å². The van der Waals surface area contributed by atoms with Crippen LogP contribution >= 0.6 is 0 Å². The summed E-state index contributed by atoms with van der Waals surface area (Å²) >= 11 is 0. The van der Waals surface area contributed by atoms with Gasteiger partial charge >= 0.3 is 0 Å². The topological polar surface area (TPSA) is 15.3 Å². The van der Waals surface area contributed by atoms with Crippen molar-refractivity contribution in [1.82, 2.24) is 10.2 Å². The molecular weight excluding hydrogens is 232 g/mol. The summed E-state index contributed by atoms with van der Waals surface area (Å²) in [7, 11) is 0. The molecule has 0 aromatic heterocycles. The fourth-order valence-corrected chi connectivity index (χ4v) is 2.97. The molecule has 2 heteroatoms. The van der Waals surface area contributed by atoms with Crippen LogP contribution in [0.2, 0.25) is 0 Å². The Balaban J connectivity index is 1.89. The third kappa shape index (κ3) is 4.32. The average Bonchev–Trinajstić information content (AvgIpc) is 2.41. The fraction of sp³-hybridized carbons (Fsp3) is 0.647. The number of benzene rings is 1. The summed E-state index contributed by atoms with van der Waals surface area (Å²) in [4.78, 5) is 2.62. The maximum atomic E-state index is 3.49. The van der Waals surface area contributed by atoms with Crippen LogP contribution in [-0.2, 0) is 6.54 Å². The molecule has 1 saturated heterocycles. The van der Waals surface area contributed by atoms with Crippen LogP contribution in [0.5, 0.6) is 0 Å². The van der Waals surface area contributed by atoms with Gasteiger partial charge in [0.1, 0.15) is 0 Å². The summed E-state index contributed by atoms with van der Waals surface area (Å²) in [6, 6.07) is 6.89. The Bertz CT molecular complexity index is 400. The molecule has 0 radical (unpaired) electrons. The Morgan fingerprint density at radius 2 is 2.11 bits per heavy atom. The van der Waals surface area contributed by atoms with Crippen LogP contribution < -0.4 is 5.32 Å². The highest BCUT2D eigenvalue weighted by Gasteiger charge is 2.19. The molecule has 1 aromatic carbocycles. The van der Waals surface area contributed by atoms with E-state index in [1.54, 1.807) is 0 Å². The highest BCUT2D eigenvalue weighted by atomic mass is 15.1. The van der Waals surface area contributed by atoms with Crippen LogP contribution in [0, 0.1) is 19.8 Å². The minimum atomic E-state index is 0.834. The van der Waals surface area contributed by atoms with Gasteiger partial charge in [0.15, 0.2) is 0 Å². The predicted octanol–water partition coefficient (Wildman–Crippen LogP) is 3.12. The molecule has 1 fully saturated rings. The number of nitrogens with zero attached hydrogens (tertiary/aromatic N) is 1. The van der Waals surface area contributed by atoms with E-state index in [-0.39, 0.29) is 0 Å². The van der Waals surface area contributed by atoms with Crippen molar-refractivity contribution >= 4 is 0 Å². The highest BCUT2D eigenvalue weighted by Crippen LogP contribution is 2.19. The second-order valence-corrected chi connectivity index (χ2v) is 5.97. The average molecular weight is 260 g/mol. The van der Waals surface area contributed by atoms with Crippen LogP contribution in [-0.4, -0.2) is 31.1 Å². The van der Waals surface area contributed by atoms with Gasteiger partial charge in [0.05, 0.1) is 0 Å². The lowest BCUT2D eigenvalue weighted by molar-refractivity contribution is 0.166. The van der Waals surface area contributed by atoms with E-state index in [4.69, 9.17) is 0 Å². The molecule has 1 aromatic rings. The predicted molar refractivity (Wildman–Crippen MR) is 82.5 cm³/mol. The number of piperidine rings is 1. The van der Waals surface area contributed by atoms with Gasteiger partial charge in [-0.25, -0.2) is 0 Å². The molecule has 0 aliphatic carbocycles. The van der Waals surface area contributed by atoms with Gasteiger partial charge in [0.2, 0.25) is 0 Å². The molecule has 1 aliphatic heterocycles. The second-order valence-electron chi connectivity index (χ2n) is 5.97. The lowest BCUT2D eigenvalue weighted by Gasteiger charge is -2.33. The molecule has 2 nitrogen and oxygen atoms in total. The summed E-state index contributed by atoms with van der Waals surface area (Å²) in [6.45, 7) is 12.5. The quantitative estimate of drug-likeness (QED) is 0.875. The molecule has 0 saturated carbocycles. The van der Waals surface area contributed by atoms with Gasteiger partial charge in [0.25, 0.3) is 0 Å². The minimum absolute atomic E-state index is 0.834. The lowest BCUT2D eigenvalue weighted by Crippen LogP contribution is -2.39. The van der Waals surface area contributed by atoms with Crippen molar-refractivity contribution in [3.05, 3.63) is 34.9 Å². The number of hydrogen-bond donors (Lipinski definition) is 1. The highest BCUT2D eigenvalue weighted by molar-refractivity contribution is 5.29. The molecule has 0 amide bonds. The SMILES string of the molecule is CCNCC1CCCN(Cc2ccc(C)c(C)c2)C1. The molecule has 1 heterocycles. The van der Waals surface area contributed by atoms with Crippen LogP contribution in [0.3, 0.4) is 0 Å². The van der Waals surface area contributed by atoms with Crippen molar-refractivity contribution in [2.75, 3.05) is 26.2 Å². The summed E-state index contributed by atoms with van der Waals surface area (Å²) in [5.74, 6) is 0.834. The van der Waals surface area contributed by atoms with Crippen molar-refractivity contribution < 1.29 is 0 Å². The van der Waals surface area contributed by atoms with Crippen molar-refractivity contribution in [2.45, 2.75) is 40.2 Å². The van der Waals surface area contributed by atoms with Crippen LogP contribution in [0.15, 0.2) is 18.2 Å². The van der Waals surface area contributed by atoms with E-state index in [1.807, 2.05) is 0 Å². The van der Waals surface area contributed by atoms with Gasteiger partial charge in [0, 0.05) is 13.1 Å². The summed E-state index contributed by atoms with van der Waals surface area (Å²) in [5.41, 5.74) is 4.28. The third-order valence-corrected chi connectivity index (χ3v) is 4.26. The van der Waals surface area contributed by atoms with Gasteiger partial charge in [-0.05, 0) is 68.9 Å². The zero-order chi connectivity index (χ0) is 13.7. The summed E-state index contributed by atoms with van der Waals surface area (Å²) < 4.78 is 0. The van der Waals surface area contributed by atoms with Crippen molar-refractivity contribution in [3.63, 3.8) is 0 Å². The van der Waals surface area contributed by atoms with Gasteiger partial charge in [-0.15, -0.1) is 0 Å². The first-order valence-corrected chi connectivity index (χ1v) is 7.68. The van der Waals surface area contributed by atoms with Gasteiger partial charge in [-0.3, -0.25) is 4.90 Å². The first-order valence-electron chi connectivity index (χ1n) is 7.68. The van der Waals surface area contributed by atoms with E-state index in [1.165, 1.54) is 49.2 Å². The van der Waals surface area contributed by atoms with E-state index in [2.05, 4.69) is 49.2 Å². The molecule has 1 N–H and O–H groups in total. The van der Waals surface area contributed by atoms with E-state index < -0.39 is 0 Å². The molecule has 19 heavy (non-hydrogen) atoms. The monoisotopic (exact) mass is 260 g/mol. The fourth-order valence-electron chi connectivity index (χ4n) is 2.97. The normalized spacial score (nSPS) is 20.7. The summed E-state index contributed by atoms with van der Waals surface area (Å²) in [5, 5.41) is 3.49. The van der Waals surface area contributed by atoms with E-state index >= 15 is 0 Å². The number of hydrogen-bond acceptors (Lipinski definition) is 2. The molecule has 1 atom stereocenters.